The predicted molar refractivity (Wildman–Crippen MR) is 59.3 cm³/mol. The molecule has 0 radical (unpaired) electrons. The minimum Gasteiger partial charge on any atom is -0.376 e. The molecular weight excluding hydrogens is 206 g/mol. The molecule has 1 heterocycles. The van der Waals surface area contributed by atoms with Gasteiger partial charge in [0.15, 0.2) is 0 Å². The molecule has 1 aliphatic rings. The average molecular weight is 225 g/mol. The molecule has 16 heavy (non-hydrogen) atoms. The van der Waals surface area contributed by atoms with Crippen LogP contribution in [-0.4, -0.2) is 27.7 Å². The van der Waals surface area contributed by atoms with E-state index in [1.165, 1.54) is 12.8 Å². The van der Waals surface area contributed by atoms with Crippen LogP contribution in [0.5, 0.6) is 0 Å². The van der Waals surface area contributed by atoms with Gasteiger partial charge in [-0.1, -0.05) is 18.1 Å². The Labute approximate surface area is 95.1 Å². The van der Waals surface area contributed by atoms with Crippen molar-refractivity contribution in [3.63, 3.8) is 0 Å². The minimum atomic E-state index is -0.218. The second kappa shape index (κ2) is 4.48. The summed E-state index contributed by atoms with van der Waals surface area (Å²) >= 11 is 0. The monoisotopic (exact) mass is 225 g/mol. The van der Waals surface area contributed by atoms with Gasteiger partial charge in [0, 0.05) is 14.2 Å². The molecule has 0 saturated heterocycles. The van der Waals surface area contributed by atoms with Crippen LogP contribution < -0.4 is 11.3 Å². The summed E-state index contributed by atoms with van der Waals surface area (Å²) in [5, 5.41) is 7.83. The fourth-order valence-corrected chi connectivity index (χ4v) is 2.65. The molecule has 1 aliphatic carbocycles. The van der Waals surface area contributed by atoms with Crippen molar-refractivity contribution in [2.24, 2.45) is 12.9 Å². The van der Waals surface area contributed by atoms with Crippen LogP contribution in [0, 0.1) is 0 Å². The van der Waals surface area contributed by atoms with Gasteiger partial charge in [0.25, 0.3) is 0 Å². The molecule has 1 atom stereocenters. The first kappa shape index (κ1) is 11.5. The Morgan fingerprint density at radius 2 is 2.25 bits per heavy atom. The molecular formula is C10H19N5O. The molecule has 2 rings (SSSR count). The van der Waals surface area contributed by atoms with Crippen LogP contribution in [0.3, 0.4) is 0 Å². The maximum absolute atomic E-state index is 5.72. The van der Waals surface area contributed by atoms with Gasteiger partial charge in [-0.2, -0.15) is 0 Å². The van der Waals surface area contributed by atoms with E-state index in [-0.39, 0.29) is 11.6 Å². The molecule has 0 amide bonds. The van der Waals surface area contributed by atoms with Crippen LogP contribution in [-0.2, 0) is 11.8 Å². The van der Waals surface area contributed by atoms with E-state index in [9.17, 15) is 0 Å². The van der Waals surface area contributed by atoms with Crippen molar-refractivity contribution < 1.29 is 4.74 Å². The highest BCUT2D eigenvalue weighted by atomic mass is 16.5. The van der Waals surface area contributed by atoms with Crippen molar-refractivity contribution >= 4 is 0 Å². The van der Waals surface area contributed by atoms with Crippen molar-refractivity contribution in [2.75, 3.05) is 7.11 Å². The van der Waals surface area contributed by atoms with Crippen molar-refractivity contribution in [3.8, 4) is 0 Å². The van der Waals surface area contributed by atoms with Crippen LogP contribution in [0.1, 0.15) is 37.4 Å². The fourth-order valence-electron chi connectivity index (χ4n) is 2.65. The lowest BCUT2D eigenvalue weighted by molar-refractivity contribution is -0.0388. The van der Waals surface area contributed by atoms with Crippen molar-refractivity contribution in [3.05, 3.63) is 11.9 Å². The molecule has 0 bridgehead atoms. The number of nitrogens with zero attached hydrogens (tertiary/aromatic N) is 3. The zero-order valence-electron chi connectivity index (χ0n) is 9.81. The molecule has 3 N–H and O–H groups in total. The molecule has 1 aromatic rings. The summed E-state index contributed by atoms with van der Waals surface area (Å²) in [6.07, 6.45) is 6.13. The first-order valence-electron chi connectivity index (χ1n) is 5.59. The summed E-state index contributed by atoms with van der Waals surface area (Å²) in [5.41, 5.74) is 3.60. The summed E-state index contributed by atoms with van der Waals surface area (Å²) in [5.74, 6) is 5.67. The van der Waals surface area contributed by atoms with Crippen LogP contribution in [0.25, 0.3) is 0 Å². The number of hydrogen-bond donors (Lipinski definition) is 2. The number of rotatable bonds is 4. The van der Waals surface area contributed by atoms with Crippen molar-refractivity contribution in [2.45, 2.75) is 37.3 Å². The zero-order chi connectivity index (χ0) is 11.6. The Morgan fingerprint density at radius 1 is 1.56 bits per heavy atom. The van der Waals surface area contributed by atoms with E-state index in [0.29, 0.717) is 0 Å². The number of nitrogens with two attached hydrogens (primary N) is 1. The molecule has 0 spiro atoms. The first-order chi connectivity index (χ1) is 7.73. The number of nitrogens with one attached hydrogen (secondary N) is 1. The molecule has 0 aliphatic heterocycles. The minimum absolute atomic E-state index is 0.0556. The number of hydrazine groups is 1. The zero-order valence-corrected chi connectivity index (χ0v) is 9.81. The molecule has 1 saturated carbocycles. The third kappa shape index (κ3) is 1.73. The highest BCUT2D eigenvalue weighted by Gasteiger charge is 2.43. The first-order valence-corrected chi connectivity index (χ1v) is 5.59. The second-order valence-corrected chi connectivity index (χ2v) is 4.36. The van der Waals surface area contributed by atoms with Gasteiger partial charge in [-0.15, -0.1) is 5.10 Å². The normalized spacial score (nSPS) is 21.2. The summed E-state index contributed by atoms with van der Waals surface area (Å²) in [6, 6.07) is -0.0556. The van der Waals surface area contributed by atoms with Gasteiger partial charge in [0.2, 0.25) is 0 Å². The van der Waals surface area contributed by atoms with E-state index in [2.05, 4.69) is 15.7 Å². The third-order valence-electron chi connectivity index (χ3n) is 3.59. The molecule has 1 fully saturated rings. The van der Waals surface area contributed by atoms with Gasteiger partial charge >= 0.3 is 0 Å². The van der Waals surface area contributed by atoms with Crippen LogP contribution in [0.2, 0.25) is 0 Å². The van der Waals surface area contributed by atoms with Gasteiger partial charge in [-0.3, -0.25) is 10.5 Å². The largest absolute Gasteiger partial charge is 0.376 e. The molecule has 6 heteroatoms. The van der Waals surface area contributed by atoms with Gasteiger partial charge in [0.05, 0.1) is 23.5 Å². The Bertz CT molecular complexity index is 345. The van der Waals surface area contributed by atoms with Gasteiger partial charge < -0.3 is 4.74 Å². The Morgan fingerprint density at radius 3 is 2.69 bits per heavy atom. The van der Waals surface area contributed by atoms with Crippen molar-refractivity contribution in [1.29, 1.82) is 0 Å². The number of ether oxygens (including phenoxy) is 1. The van der Waals surface area contributed by atoms with Gasteiger partial charge in [-0.05, 0) is 12.8 Å². The van der Waals surface area contributed by atoms with Crippen LogP contribution in [0.15, 0.2) is 6.20 Å². The summed E-state index contributed by atoms with van der Waals surface area (Å²) < 4.78 is 7.46. The average Bonchev–Trinajstić information content (AvgIpc) is 2.91. The maximum atomic E-state index is 5.72. The molecule has 6 nitrogen and oxygen atoms in total. The highest BCUT2D eigenvalue weighted by Crippen LogP contribution is 2.41. The quantitative estimate of drug-likeness (QED) is 0.568. The second-order valence-electron chi connectivity index (χ2n) is 4.36. The van der Waals surface area contributed by atoms with E-state index < -0.39 is 0 Å². The highest BCUT2D eigenvalue weighted by molar-refractivity contribution is 5.11. The molecule has 90 valence electrons. The maximum Gasteiger partial charge on any atom is 0.0934 e. The third-order valence-corrected chi connectivity index (χ3v) is 3.59. The van der Waals surface area contributed by atoms with Crippen LogP contribution in [0.4, 0.5) is 0 Å². The summed E-state index contributed by atoms with van der Waals surface area (Å²) in [6.45, 7) is 0. The summed E-state index contributed by atoms with van der Waals surface area (Å²) in [7, 11) is 3.62. The number of aromatic nitrogens is 3. The van der Waals surface area contributed by atoms with Gasteiger partial charge in [-0.25, -0.2) is 5.43 Å². The van der Waals surface area contributed by atoms with Crippen molar-refractivity contribution in [1.82, 2.24) is 20.4 Å². The van der Waals surface area contributed by atoms with E-state index >= 15 is 0 Å². The van der Waals surface area contributed by atoms with E-state index in [4.69, 9.17) is 10.6 Å². The molecule has 1 aromatic heterocycles. The number of methoxy groups -OCH3 is 1. The van der Waals surface area contributed by atoms with E-state index in [0.717, 1.165) is 18.5 Å². The summed E-state index contributed by atoms with van der Waals surface area (Å²) in [4.78, 5) is 0. The number of aryl methyl sites for hydroxylation is 1. The molecule has 1 unspecified atom stereocenters. The fraction of sp³-hybridized carbons (Fsp3) is 0.800. The Hall–Kier alpha value is -0.980. The van der Waals surface area contributed by atoms with Gasteiger partial charge in [0.1, 0.15) is 0 Å². The lowest BCUT2D eigenvalue weighted by Gasteiger charge is -2.35. The van der Waals surface area contributed by atoms with Crippen LogP contribution >= 0.6 is 0 Å². The van der Waals surface area contributed by atoms with E-state index in [1.807, 2.05) is 7.05 Å². The predicted octanol–water partition coefficient (Wildman–Crippen LogP) is 0.279. The smallest absolute Gasteiger partial charge is 0.0934 e. The Balaban J connectivity index is 2.31. The number of hydrogen-bond acceptors (Lipinski definition) is 5. The topological polar surface area (TPSA) is 78.0 Å². The lowest BCUT2D eigenvalue weighted by Crippen LogP contribution is -2.47. The SMILES string of the molecule is COC1(C(NN)c2cnnn2C)CCCC1. The van der Waals surface area contributed by atoms with E-state index in [1.54, 1.807) is 18.0 Å². The standard InChI is InChI=1S/C10H19N5O/c1-15-8(7-12-14-15)9(13-11)10(16-2)5-3-4-6-10/h7,9,13H,3-6,11H2,1-2H3. The Kier molecular flexibility index (Phi) is 3.22. The lowest BCUT2D eigenvalue weighted by atomic mass is 9.90. The molecule has 0 aromatic carbocycles.